The van der Waals surface area contributed by atoms with Crippen molar-refractivity contribution in [3.8, 4) is 0 Å². The zero-order valence-corrected chi connectivity index (χ0v) is 11.9. The number of benzene rings is 2. The number of rotatable bonds is 4. The Bertz CT molecular complexity index is 712. The molecule has 106 valence electrons. The molecule has 0 fully saturated rings. The van der Waals surface area contributed by atoms with Crippen LogP contribution in [0.5, 0.6) is 0 Å². The molecule has 0 spiro atoms. The minimum atomic E-state index is -0.454. The van der Waals surface area contributed by atoms with Crippen molar-refractivity contribution in [2.24, 2.45) is 0 Å². The van der Waals surface area contributed by atoms with Gasteiger partial charge in [-0.15, -0.1) is 0 Å². The SMILES string of the molecule is Cc1cccc(C)c1C(=O)C=Cc1cccc([N+](=O)[O-])c1. The molecular weight excluding hydrogens is 266 g/mol. The molecular formula is C17H15NO3. The standard InChI is InChI=1S/C17H15NO3/c1-12-5-3-6-13(2)17(12)16(19)10-9-14-7-4-8-15(11-14)18(20)21/h3-11H,1-2H3. The normalized spacial score (nSPS) is 10.8. The number of carbonyl (C=O) groups excluding carboxylic acids is 1. The van der Waals surface area contributed by atoms with E-state index in [0.29, 0.717) is 11.1 Å². The number of nitro groups is 1. The van der Waals surface area contributed by atoms with Crippen LogP contribution in [0.4, 0.5) is 5.69 Å². The molecule has 0 bridgehead atoms. The minimum Gasteiger partial charge on any atom is -0.289 e. The molecule has 0 aliphatic heterocycles. The third-order valence-electron chi connectivity index (χ3n) is 3.24. The number of nitro benzene ring substituents is 1. The molecule has 0 unspecified atom stereocenters. The summed E-state index contributed by atoms with van der Waals surface area (Å²) in [6.07, 6.45) is 3.05. The van der Waals surface area contributed by atoms with Crippen molar-refractivity contribution in [2.45, 2.75) is 13.8 Å². The third-order valence-corrected chi connectivity index (χ3v) is 3.24. The van der Waals surface area contributed by atoms with Gasteiger partial charge in [0.25, 0.3) is 5.69 Å². The Morgan fingerprint density at radius 2 is 1.71 bits per heavy atom. The summed E-state index contributed by atoms with van der Waals surface area (Å²) in [5.41, 5.74) is 3.16. The van der Waals surface area contributed by atoms with Crippen molar-refractivity contribution >= 4 is 17.5 Å². The van der Waals surface area contributed by atoms with Crippen LogP contribution in [0.3, 0.4) is 0 Å². The number of nitrogens with zero attached hydrogens (tertiary/aromatic N) is 1. The highest BCUT2D eigenvalue weighted by Crippen LogP contribution is 2.17. The lowest BCUT2D eigenvalue weighted by atomic mass is 9.98. The molecule has 4 heteroatoms. The van der Waals surface area contributed by atoms with Crippen molar-refractivity contribution in [3.05, 3.63) is 80.9 Å². The van der Waals surface area contributed by atoms with E-state index in [1.54, 1.807) is 18.2 Å². The van der Waals surface area contributed by atoms with Gasteiger partial charge in [-0.1, -0.05) is 36.4 Å². The molecule has 0 N–H and O–H groups in total. The van der Waals surface area contributed by atoms with Crippen molar-refractivity contribution in [1.82, 2.24) is 0 Å². The van der Waals surface area contributed by atoms with E-state index in [-0.39, 0.29) is 11.5 Å². The first-order valence-corrected chi connectivity index (χ1v) is 6.52. The van der Waals surface area contributed by atoms with Crippen LogP contribution in [0.25, 0.3) is 6.08 Å². The Hall–Kier alpha value is -2.75. The van der Waals surface area contributed by atoms with Gasteiger partial charge in [-0.2, -0.15) is 0 Å². The molecule has 2 aromatic carbocycles. The van der Waals surface area contributed by atoms with Gasteiger partial charge < -0.3 is 0 Å². The predicted molar refractivity (Wildman–Crippen MR) is 82.4 cm³/mol. The molecule has 0 aliphatic rings. The summed E-state index contributed by atoms with van der Waals surface area (Å²) in [5.74, 6) is -0.0999. The molecule has 0 saturated carbocycles. The highest BCUT2D eigenvalue weighted by Gasteiger charge is 2.09. The Kier molecular flexibility index (Phi) is 4.28. The maximum atomic E-state index is 12.3. The van der Waals surface area contributed by atoms with E-state index < -0.39 is 4.92 Å². The van der Waals surface area contributed by atoms with E-state index >= 15 is 0 Å². The third kappa shape index (κ3) is 3.42. The lowest BCUT2D eigenvalue weighted by Crippen LogP contribution is -2.00. The van der Waals surface area contributed by atoms with Gasteiger partial charge in [0.2, 0.25) is 0 Å². The molecule has 2 rings (SSSR count). The zero-order chi connectivity index (χ0) is 15.4. The van der Waals surface area contributed by atoms with Crippen LogP contribution in [0.2, 0.25) is 0 Å². The molecule has 0 heterocycles. The number of hydrogen-bond donors (Lipinski definition) is 0. The van der Waals surface area contributed by atoms with E-state index in [9.17, 15) is 14.9 Å². The first-order valence-electron chi connectivity index (χ1n) is 6.52. The van der Waals surface area contributed by atoms with E-state index in [2.05, 4.69) is 0 Å². The first-order chi connectivity index (χ1) is 9.99. The Balaban J connectivity index is 2.27. The molecule has 2 aromatic rings. The van der Waals surface area contributed by atoms with Crippen LogP contribution < -0.4 is 0 Å². The predicted octanol–water partition coefficient (Wildman–Crippen LogP) is 4.11. The minimum absolute atomic E-state index is 0.0108. The van der Waals surface area contributed by atoms with Crippen LogP contribution in [-0.4, -0.2) is 10.7 Å². The summed E-state index contributed by atoms with van der Waals surface area (Å²) in [7, 11) is 0. The second-order valence-electron chi connectivity index (χ2n) is 4.82. The van der Waals surface area contributed by atoms with E-state index in [0.717, 1.165) is 11.1 Å². The Morgan fingerprint density at radius 1 is 1.10 bits per heavy atom. The van der Waals surface area contributed by atoms with Gasteiger partial charge in [0, 0.05) is 17.7 Å². The van der Waals surface area contributed by atoms with Crippen molar-refractivity contribution in [3.63, 3.8) is 0 Å². The molecule has 0 atom stereocenters. The Labute approximate surface area is 122 Å². The molecule has 0 radical (unpaired) electrons. The number of hydrogen-bond acceptors (Lipinski definition) is 3. The van der Waals surface area contributed by atoms with Crippen molar-refractivity contribution in [2.75, 3.05) is 0 Å². The number of aryl methyl sites for hydroxylation is 2. The summed E-state index contributed by atoms with van der Waals surface area (Å²) >= 11 is 0. The highest BCUT2D eigenvalue weighted by atomic mass is 16.6. The van der Waals surface area contributed by atoms with Crippen LogP contribution >= 0.6 is 0 Å². The average Bonchev–Trinajstić information content (AvgIpc) is 2.45. The van der Waals surface area contributed by atoms with Crippen LogP contribution in [0.1, 0.15) is 27.0 Å². The summed E-state index contributed by atoms with van der Waals surface area (Å²) in [5, 5.41) is 10.7. The quantitative estimate of drug-likeness (QED) is 0.367. The van der Waals surface area contributed by atoms with Crippen molar-refractivity contribution < 1.29 is 9.72 Å². The maximum Gasteiger partial charge on any atom is 0.270 e. The smallest absolute Gasteiger partial charge is 0.270 e. The lowest BCUT2D eigenvalue weighted by molar-refractivity contribution is -0.384. The maximum absolute atomic E-state index is 12.3. The number of ketones is 1. The van der Waals surface area contributed by atoms with E-state index in [4.69, 9.17) is 0 Å². The number of carbonyl (C=O) groups is 1. The summed E-state index contributed by atoms with van der Waals surface area (Å²) in [6.45, 7) is 3.78. The first kappa shape index (κ1) is 14.7. The highest BCUT2D eigenvalue weighted by molar-refractivity contribution is 6.08. The fraction of sp³-hybridized carbons (Fsp3) is 0.118. The fourth-order valence-corrected chi connectivity index (χ4v) is 2.20. The summed E-state index contributed by atoms with van der Waals surface area (Å²) < 4.78 is 0. The van der Waals surface area contributed by atoms with Crippen LogP contribution in [0, 0.1) is 24.0 Å². The number of non-ortho nitro benzene ring substituents is 1. The summed E-state index contributed by atoms with van der Waals surface area (Å²) in [6, 6.07) is 11.9. The largest absolute Gasteiger partial charge is 0.289 e. The van der Waals surface area contributed by atoms with E-state index in [1.807, 2.05) is 32.0 Å². The molecule has 0 aromatic heterocycles. The molecule has 4 nitrogen and oxygen atoms in total. The van der Waals surface area contributed by atoms with Gasteiger partial charge in [0.1, 0.15) is 0 Å². The second kappa shape index (κ2) is 6.13. The second-order valence-corrected chi connectivity index (χ2v) is 4.82. The van der Waals surface area contributed by atoms with Gasteiger partial charge >= 0.3 is 0 Å². The van der Waals surface area contributed by atoms with E-state index in [1.165, 1.54) is 18.2 Å². The van der Waals surface area contributed by atoms with Gasteiger partial charge in [-0.25, -0.2) is 0 Å². The molecule has 21 heavy (non-hydrogen) atoms. The fourth-order valence-electron chi connectivity index (χ4n) is 2.20. The van der Waals surface area contributed by atoms with Gasteiger partial charge in [-0.05, 0) is 36.6 Å². The van der Waals surface area contributed by atoms with Gasteiger partial charge in [0.05, 0.1) is 4.92 Å². The lowest BCUT2D eigenvalue weighted by Gasteiger charge is -2.05. The van der Waals surface area contributed by atoms with Crippen LogP contribution in [0.15, 0.2) is 48.5 Å². The van der Waals surface area contributed by atoms with Gasteiger partial charge in [-0.3, -0.25) is 14.9 Å². The molecule has 0 saturated heterocycles. The average molecular weight is 281 g/mol. The number of allylic oxidation sites excluding steroid dienone is 1. The van der Waals surface area contributed by atoms with Crippen LogP contribution in [-0.2, 0) is 0 Å². The topological polar surface area (TPSA) is 60.2 Å². The zero-order valence-electron chi connectivity index (χ0n) is 11.9. The molecule has 0 aliphatic carbocycles. The van der Waals surface area contributed by atoms with Gasteiger partial charge in [0.15, 0.2) is 5.78 Å². The van der Waals surface area contributed by atoms with Crippen molar-refractivity contribution in [1.29, 1.82) is 0 Å². The monoisotopic (exact) mass is 281 g/mol. The Morgan fingerprint density at radius 3 is 2.33 bits per heavy atom. The molecule has 0 amide bonds. The summed E-state index contributed by atoms with van der Waals surface area (Å²) in [4.78, 5) is 22.5.